The molecule has 0 saturated carbocycles. The third kappa shape index (κ3) is 2.75. The lowest BCUT2D eigenvalue weighted by Crippen LogP contribution is -2.08. The highest BCUT2D eigenvalue weighted by atomic mass is 16.5. The van der Waals surface area contributed by atoms with Crippen molar-refractivity contribution in [2.75, 3.05) is 12.3 Å². The van der Waals surface area contributed by atoms with Gasteiger partial charge in [0.25, 0.3) is 0 Å². The molecule has 2 aromatic rings. The van der Waals surface area contributed by atoms with Crippen molar-refractivity contribution in [2.24, 2.45) is 7.05 Å². The van der Waals surface area contributed by atoms with Crippen LogP contribution < -0.4 is 10.5 Å². The normalized spacial score (nSPS) is 10.5. The summed E-state index contributed by atoms with van der Waals surface area (Å²) in [4.78, 5) is 8.36. The van der Waals surface area contributed by atoms with Crippen molar-refractivity contribution < 1.29 is 4.74 Å². The number of aryl methyl sites for hydroxylation is 2. The summed E-state index contributed by atoms with van der Waals surface area (Å²) in [5, 5.41) is 0. The molecule has 0 spiro atoms. The van der Waals surface area contributed by atoms with Crippen molar-refractivity contribution >= 4 is 5.82 Å². The van der Waals surface area contributed by atoms with Gasteiger partial charge in [0, 0.05) is 31.6 Å². The standard InChI is InChI=1S/C12H16N4O/c1-9-3-4-10(12(13)15-9)17-8-5-11-14-6-7-16(11)2/h3-4,6-7H,5,8H2,1-2H3,(H2,13,15). The SMILES string of the molecule is Cc1ccc(OCCc2nccn2C)c(N)n1. The van der Waals surface area contributed by atoms with Crippen LogP contribution in [0, 0.1) is 6.92 Å². The summed E-state index contributed by atoms with van der Waals surface area (Å²) in [6, 6.07) is 3.72. The summed E-state index contributed by atoms with van der Waals surface area (Å²) in [7, 11) is 1.96. The summed E-state index contributed by atoms with van der Waals surface area (Å²) >= 11 is 0. The van der Waals surface area contributed by atoms with Gasteiger partial charge in [-0.1, -0.05) is 0 Å². The molecule has 2 heterocycles. The Morgan fingerprint density at radius 2 is 2.24 bits per heavy atom. The van der Waals surface area contributed by atoms with Gasteiger partial charge in [0.15, 0.2) is 11.6 Å². The fourth-order valence-electron chi connectivity index (χ4n) is 1.58. The predicted molar refractivity (Wildman–Crippen MR) is 65.8 cm³/mol. The largest absolute Gasteiger partial charge is 0.489 e. The monoisotopic (exact) mass is 232 g/mol. The van der Waals surface area contributed by atoms with Gasteiger partial charge >= 0.3 is 0 Å². The molecule has 90 valence electrons. The van der Waals surface area contributed by atoms with E-state index in [0.717, 1.165) is 17.9 Å². The first-order chi connectivity index (χ1) is 8.16. The maximum absolute atomic E-state index is 5.75. The molecular weight excluding hydrogens is 216 g/mol. The van der Waals surface area contributed by atoms with Crippen molar-refractivity contribution in [1.29, 1.82) is 0 Å². The Balaban J connectivity index is 1.92. The molecule has 0 aromatic carbocycles. The smallest absolute Gasteiger partial charge is 0.166 e. The Bertz CT molecular complexity index is 507. The van der Waals surface area contributed by atoms with Gasteiger partial charge in [0.2, 0.25) is 0 Å². The van der Waals surface area contributed by atoms with Gasteiger partial charge in [-0.15, -0.1) is 0 Å². The zero-order chi connectivity index (χ0) is 12.3. The predicted octanol–water partition coefficient (Wildman–Crippen LogP) is 1.33. The number of imidazole rings is 1. The molecular formula is C12H16N4O. The van der Waals surface area contributed by atoms with Crippen molar-refractivity contribution in [1.82, 2.24) is 14.5 Å². The molecule has 0 amide bonds. The van der Waals surface area contributed by atoms with Crippen LogP contribution in [0.2, 0.25) is 0 Å². The van der Waals surface area contributed by atoms with E-state index in [4.69, 9.17) is 10.5 Å². The van der Waals surface area contributed by atoms with Crippen LogP contribution >= 0.6 is 0 Å². The second-order valence-electron chi connectivity index (χ2n) is 3.89. The molecule has 0 fully saturated rings. The molecule has 0 unspecified atom stereocenters. The van der Waals surface area contributed by atoms with Gasteiger partial charge in [0.05, 0.1) is 6.61 Å². The molecule has 5 heteroatoms. The summed E-state index contributed by atoms with van der Waals surface area (Å²) in [5.74, 6) is 2.05. The van der Waals surface area contributed by atoms with E-state index in [1.54, 1.807) is 6.20 Å². The lowest BCUT2D eigenvalue weighted by molar-refractivity contribution is 0.318. The lowest BCUT2D eigenvalue weighted by atomic mass is 10.3. The zero-order valence-corrected chi connectivity index (χ0v) is 10.1. The number of pyridine rings is 1. The minimum absolute atomic E-state index is 0.435. The van der Waals surface area contributed by atoms with Crippen LogP contribution in [0.4, 0.5) is 5.82 Å². The Hall–Kier alpha value is -2.04. The van der Waals surface area contributed by atoms with E-state index in [0.29, 0.717) is 18.2 Å². The Kier molecular flexibility index (Phi) is 3.27. The number of anilines is 1. The second-order valence-corrected chi connectivity index (χ2v) is 3.89. The van der Waals surface area contributed by atoms with Crippen LogP contribution in [-0.4, -0.2) is 21.1 Å². The zero-order valence-electron chi connectivity index (χ0n) is 10.1. The highest BCUT2D eigenvalue weighted by molar-refractivity contribution is 5.46. The van der Waals surface area contributed by atoms with Gasteiger partial charge in [-0.05, 0) is 19.1 Å². The average molecular weight is 232 g/mol. The molecule has 0 aliphatic carbocycles. The van der Waals surface area contributed by atoms with Crippen LogP contribution in [0.3, 0.4) is 0 Å². The van der Waals surface area contributed by atoms with E-state index in [-0.39, 0.29) is 0 Å². The average Bonchev–Trinajstić information content (AvgIpc) is 2.68. The molecule has 2 N–H and O–H groups in total. The first-order valence-electron chi connectivity index (χ1n) is 5.49. The Labute approximate surface area is 100 Å². The van der Waals surface area contributed by atoms with Crippen LogP contribution in [0.15, 0.2) is 24.5 Å². The molecule has 0 radical (unpaired) electrons. The van der Waals surface area contributed by atoms with E-state index in [9.17, 15) is 0 Å². The van der Waals surface area contributed by atoms with Crippen LogP contribution in [0.1, 0.15) is 11.5 Å². The highest BCUT2D eigenvalue weighted by Crippen LogP contribution is 2.18. The molecule has 0 aliphatic rings. The van der Waals surface area contributed by atoms with E-state index in [1.165, 1.54) is 0 Å². The first kappa shape index (κ1) is 11.4. The number of aromatic nitrogens is 3. The summed E-state index contributed by atoms with van der Waals surface area (Å²) in [5.41, 5.74) is 6.64. The molecule has 2 rings (SSSR count). The van der Waals surface area contributed by atoms with E-state index < -0.39 is 0 Å². The Morgan fingerprint density at radius 1 is 1.41 bits per heavy atom. The van der Waals surface area contributed by atoms with Gasteiger partial charge in [0.1, 0.15) is 5.82 Å². The highest BCUT2D eigenvalue weighted by Gasteiger charge is 2.03. The maximum Gasteiger partial charge on any atom is 0.166 e. The maximum atomic E-state index is 5.75. The van der Waals surface area contributed by atoms with Crippen LogP contribution in [-0.2, 0) is 13.5 Å². The first-order valence-corrected chi connectivity index (χ1v) is 5.49. The minimum Gasteiger partial charge on any atom is -0.489 e. The van der Waals surface area contributed by atoms with Crippen molar-refractivity contribution in [3.63, 3.8) is 0 Å². The third-order valence-corrected chi connectivity index (χ3v) is 2.53. The van der Waals surface area contributed by atoms with E-state index in [2.05, 4.69) is 9.97 Å². The van der Waals surface area contributed by atoms with Crippen molar-refractivity contribution in [3.8, 4) is 5.75 Å². The van der Waals surface area contributed by atoms with Gasteiger partial charge in [-0.2, -0.15) is 0 Å². The Morgan fingerprint density at radius 3 is 2.88 bits per heavy atom. The van der Waals surface area contributed by atoms with Crippen LogP contribution in [0.25, 0.3) is 0 Å². The summed E-state index contributed by atoms with van der Waals surface area (Å²) in [6.07, 6.45) is 4.44. The molecule has 0 bridgehead atoms. The molecule has 0 atom stereocenters. The number of nitrogens with zero attached hydrogens (tertiary/aromatic N) is 3. The third-order valence-electron chi connectivity index (χ3n) is 2.53. The number of rotatable bonds is 4. The van der Waals surface area contributed by atoms with Gasteiger partial charge < -0.3 is 15.0 Å². The number of hydrogen-bond donors (Lipinski definition) is 1. The second kappa shape index (κ2) is 4.86. The fourth-order valence-corrected chi connectivity index (χ4v) is 1.58. The summed E-state index contributed by atoms with van der Waals surface area (Å²) in [6.45, 7) is 2.44. The van der Waals surface area contributed by atoms with E-state index in [1.807, 2.05) is 36.9 Å². The number of hydrogen-bond acceptors (Lipinski definition) is 4. The van der Waals surface area contributed by atoms with Crippen molar-refractivity contribution in [2.45, 2.75) is 13.3 Å². The number of nitrogens with two attached hydrogens (primary N) is 1. The van der Waals surface area contributed by atoms with Gasteiger partial charge in [-0.25, -0.2) is 9.97 Å². The molecule has 5 nitrogen and oxygen atoms in total. The quantitative estimate of drug-likeness (QED) is 0.863. The number of ether oxygens (including phenoxy) is 1. The molecule has 2 aromatic heterocycles. The minimum atomic E-state index is 0.435. The fraction of sp³-hybridized carbons (Fsp3) is 0.333. The van der Waals surface area contributed by atoms with E-state index >= 15 is 0 Å². The van der Waals surface area contributed by atoms with Crippen LogP contribution in [0.5, 0.6) is 5.75 Å². The summed E-state index contributed by atoms with van der Waals surface area (Å²) < 4.78 is 7.55. The molecule has 17 heavy (non-hydrogen) atoms. The van der Waals surface area contributed by atoms with Gasteiger partial charge in [-0.3, -0.25) is 0 Å². The lowest BCUT2D eigenvalue weighted by Gasteiger charge is -2.08. The topological polar surface area (TPSA) is 66.0 Å². The molecule has 0 aliphatic heterocycles. The number of nitrogen functional groups attached to an aromatic ring is 1. The molecule has 0 saturated heterocycles. The van der Waals surface area contributed by atoms with Crippen molar-refractivity contribution in [3.05, 3.63) is 36.0 Å².